The average molecular weight is 467 g/mol. The van der Waals surface area contributed by atoms with Crippen LogP contribution in [0.25, 0.3) is 0 Å². The molecule has 9 heteroatoms. The fourth-order valence-corrected chi connectivity index (χ4v) is 4.07. The molecule has 9 nitrogen and oxygen atoms in total. The van der Waals surface area contributed by atoms with E-state index >= 15 is 0 Å². The Hall–Kier alpha value is -3.59. The smallest absolute Gasteiger partial charge is 0.321 e. The highest BCUT2D eigenvalue weighted by Gasteiger charge is 2.28. The predicted molar refractivity (Wildman–Crippen MR) is 129 cm³/mol. The molecule has 3 amide bonds. The highest BCUT2D eigenvalue weighted by atomic mass is 16.5. The number of esters is 1. The van der Waals surface area contributed by atoms with Gasteiger partial charge in [0.25, 0.3) is 5.91 Å². The molecule has 180 valence electrons. The summed E-state index contributed by atoms with van der Waals surface area (Å²) in [6, 6.07) is 16.6. The van der Waals surface area contributed by atoms with E-state index in [1.165, 1.54) is 0 Å². The van der Waals surface area contributed by atoms with Gasteiger partial charge in [-0.25, -0.2) is 4.79 Å². The van der Waals surface area contributed by atoms with E-state index in [2.05, 4.69) is 15.5 Å². The molecule has 0 aromatic heterocycles. The molecular weight excluding hydrogens is 436 g/mol. The second kappa shape index (κ2) is 11.5. The number of rotatable bonds is 6. The summed E-state index contributed by atoms with van der Waals surface area (Å²) in [5.74, 6) is -1.10. The van der Waals surface area contributed by atoms with E-state index in [1.54, 1.807) is 4.90 Å². The number of hydrogen-bond donors (Lipinski definition) is 2. The van der Waals surface area contributed by atoms with E-state index in [9.17, 15) is 14.4 Å². The van der Waals surface area contributed by atoms with Gasteiger partial charge < -0.3 is 29.9 Å². The highest BCUT2D eigenvalue weighted by molar-refractivity contribution is 5.93. The Bertz CT molecular complexity index is 969. The maximum Gasteiger partial charge on any atom is 0.321 e. The van der Waals surface area contributed by atoms with E-state index in [4.69, 9.17) is 9.47 Å². The number of piperidine rings is 1. The lowest BCUT2D eigenvalue weighted by atomic mass is 9.97. The Morgan fingerprint density at radius 3 is 2.18 bits per heavy atom. The van der Waals surface area contributed by atoms with Gasteiger partial charge in [0.05, 0.1) is 19.1 Å². The van der Waals surface area contributed by atoms with Gasteiger partial charge in [-0.3, -0.25) is 9.59 Å². The molecule has 34 heavy (non-hydrogen) atoms. The number of benzene rings is 2. The second-order valence-corrected chi connectivity index (χ2v) is 8.36. The predicted octanol–water partition coefficient (Wildman–Crippen LogP) is 2.95. The Labute approximate surface area is 199 Å². The zero-order valence-corrected chi connectivity index (χ0v) is 19.1. The van der Waals surface area contributed by atoms with Crippen molar-refractivity contribution in [3.05, 3.63) is 54.6 Å². The summed E-state index contributed by atoms with van der Waals surface area (Å²) in [6.45, 7) is 3.70. The Kier molecular flexibility index (Phi) is 7.98. The fraction of sp³-hybridized carbons (Fsp3) is 0.400. The molecule has 4 rings (SSSR count). The number of nitrogens with one attached hydrogen (secondary N) is 2. The van der Waals surface area contributed by atoms with Crippen LogP contribution in [-0.4, -0.2) is 68.8 Å². The molecule has 0 unspecified atom stereocenters. The number of morpholine rings is 1. The number of carbonyl (C=O) groups is 3. The number of hydrogen-bond acceptors (Lipinski definition) is 6. The third kappa shape index (κ3) is 6.48. The molecule has 0 radical (unpaired) electrons. The average Bonchev–Trinajstić information content (AvgIpc) is 2.89. The van der Waals surface area contributed by atoms with E-state index in [0.29, 0.717) is 44.8 Å². The molecular formula is C25H30N4O5. The summed E-state index contributed by atoms with van der Waals surface area (Å²) in [7, 11) is 0. The first-order chi connectivity index (χ1) is 16.6. The van der Waals surface area contributed by atoms with Crippen molar-refractivity contribution in [3.8, 4) is 0 Å². The molecule has 2 fully saturated rings. The zero-order valence-electron chi connectivity index (χ0n) is 19.1. The number of nitrogens with zero attached hydrogens (tertiary/aromatic N) is 2. The third-order valence-electron chi connectivity index (χ3n) is 6.01. The number of ether oxygens (including phenoxy) is 2. The Morgan fingerprint density at radius 1 is 0.853 bits per heavy atom. The van der Waals surface area contributed by atoms with E-state index in [-0.39, 0.29) is 24.5 Å². The minimum atomic E-state index is -0.402. The van der Waals surface area contributed by atoms with Crippen molar-refractivity contribution in [2.24, 2.45) is 5.92 Å². The van der Waals surface area contributed by atoms with Crippen molar-refractivity contribution >= 4 is 35.0 Å². The quantitative estimate of drug-likeness (QED) is 0.635. The largest absolute Gasteiger partial charge is 0.455 e. The van der Waals surface area contributed by atoms with Gasteiger partial charge in [0, 0.05) is 43.2 Å². The van der Waals surface area contributed by atoms with Crippen LogP contribution in [0.4, 0.5) is 21.9 Å². The number of amides is 3. The minimum Gasteiger partial charge on any atom is -0.455 e. The first-order valence-corrected chi connectivity index (χ1v) is 11.6. The molecule has 2 aliphatic rings. The molecule has 2 aliphatic heterocycles. The van der Waals surface area contributed by atoms with Gasteiger partial charge in [-0.2, -0.15) is 0 Å². The first-order valence-electron chi connectivity index (χ1n) is 11.6. The zero-order chi connectivity index (χ0) is 23.8. The second-order valence-electron chi connectivity index (χ2n) is 8.36. The molecule has 0 aliphatic carbocycles. The number of urea groups is 1. The van der Waals surface area contributed by atoms with Crippen LogP contribution < -0.4 is 15.5 Å². The van der Waals surface area contributed by atoms with Gasteiger partial charge in [0.1, 0.15) is 0 Å². The summed E-state index contributed by atoms with van der Waals surface area (Å²) < 4.78 is 10.6. The van der Waals surface area contributed by atoms with E-state index < -0.39 is 5.97 Å². The summed E-state index contributed by atoms with van der Waals surface area (Å²) in [5, 5.41) is 5.61. The van der Waals surface area contributed by atoms with E-state index in [0.717, 1.165) is 24.5 Å². The summed E-state index contributed by atoms with van der Waals surface area (Å²) in [6.07, 6.45) is 1.01. The lowest BCUT2D eigenvalue weighted by molar-refractivity contribution is -0.152. The van der Waals surface area contributed by atoms with Crippen LogP contribution in [0.2, 0.25) is 0 Å². The van der Waals surface area contributed by atoms with Crippen LogP contribution in [0.5, 0.6) is 0 Å². The van der Waals surface area contributed by atoms with Gasteiger partial charge in [-0.15, -0.1) is 0 Å². The standard InChI is InChI=1S/C25H30N4O5/c30-23(26-21-6-8-22(9-7-21)28-14-16-33-17-15-28)18-34-24(31)19-10-12-29(13-11-19)25(32)27-20-4-2-1-3-5-20/h1-9,19H,10-18H2,(H,26,30)(H,27,32). The number of likely N-dealkylation sites (tertiary alicyclic amines) is 1. The molecule has 2 N–H and O–H groups in total. The van der Waals surface area contributed by atoms with Gasteiger partial charge >= 0.3 is 12.0 Å². The Morgan fingerprint density at radius 2 is 1.50 bits per heavy atom. The molecule has 0 saturated carbocycles. The molecule has 2 heterocycles. The lowest BCUT2D eigenvalue weighted by Crippen LogP contribution is -2.43. The first kappa shape index (κ1) is 23.6. The number of anilines is 3. The van der Waals surface area contributed by atoms with Crippen LogP contribution in [-0.2, 0) is 19.1 Å². The molecule has 2 aromatic carbocycles. The molecule has 0 bridgehead atoms. The molecule has 0 atom stereocenters. The van der Waals surface area contributed by atoms with Crippen molar-refractivity contribution in [2.75, 3.05) is 61.5 Å². The molecule has 2 aromatic rings. The van der Waals surface area contributed by atoms with Crippen LogP contribution >= 0.6 is 0 Å². The summed E-state index contributed by atoms with van der Waals surface area (Å²) in [4.78, 5) is 40.9. The van der Waals surface area contributed by atoms with Crippen molar-refractivity contribution in [2.45, 2.75) is 12.8 Å². The maximum atomic E-state index is 12.4. The highest BCUT2D eigenvalue weighted by Crippen LogP contribution is 2.21. The van der Waals surface area contributed by atoms with Gasteiger partial charge in [-0.05, 0) is 49.2 Å². The fourth-order valence-electron chi connectivity index (χ4n) is 4.07. The summed E-state index contributed by atoms with van der Waals surface area (Å²) in [5.41, 5.74) is 2.46. The van der Waals surface area contributed by atoms with Crippen LogP contribution in [0.1, 0.15) is 12.8 Å². The van der Waals surface area contributed by atoms with Crippen molar-refractivity contribution in [1.29, 1.82) is 0 Å². The van der Waals surface area contributed by atoms with Crippen molar-refractivity contribution < 1.29 is 23.9 Å². The normalized spacial score (nSPS) is 16.6. The van der Waals surface area contributed by atoms with Gasteiger partial charge in [-0.1, -0.05) is 18.2 Å². The van der Waals surface area contributed by atoms with Gasteiger partial charge in [0.2, 0.25) is 0 Å². The minimum absolute atomic E-state index is 0.183. The van der Waals surface area contributed by atoms with Crippen molar-refractivity contribution in [1.82, 2.24) is 4.90 Å². The number of para-hydroxylation sites is 1. The van der Waals surface area contributed by atoms with Gasteiger partial charge in [0.15, 0.2) is 6.61 Å². The van der Waals surface area contributed by atoms with Crippen LogP contribution in [0.15, 0.2) is 54.6 Å². The molecule has 0 spiro atoms. The van der Waals surface area contributed by atoms with Crippen LogP contribution in [0.3, 0.4) is 0 Å². The SMILES string of the molecule is O=C(COC(=O)C1CCN(C(=O)Nc2ccccc2)CC1)Nc1ccc(N2CCOCC2)cc1. The third-order valence-corrected chi connectivity index (χ3v) is 6.01. The monoisotopic (exact) mass is 466 g/mol. The Balaban J connectivity index is 1.16. The van der Waals surface area contributed by atoms with Crippen molar-refractivity contribution in [3.63, 3.8) is 0 Å². The maximum absolute atomic E-state index is 12.4. The van der Waals surface area contributed by atoms with Crippen LogP contribution in [0, 0.1) is 5.92 Å². The molecule has 2 saturated heterocycles. The van der Waals surface area contributed by atoms with E-state index in [1.807, 2.05) is 54.6 Å². The lowest BCUT2D eigenvalue weighted by Gasteiger charge is -2.30. The topological polar surface area (TPSA) is 100 Å². The summed E-state index contributed by atoms with van der Waals surface area (Å²) >= 11 is 0. The number of carbonyl (C=O) groups excluding carboxylic acids is 3.